The Labute approximate surface area is 177 Å². The van der Waals surface area contributed by atoms with Gasteiger partial charge in [0, 0.05) is 11.1 Å². The Morgan fingerprint density at radius 2 is 1.97 bits per heavy atom. The van der Waals surface area contributed by atoms with E-state index in [0.29, 0.717) is 27.4 Å². The fourth-order valence-electron chi connectivity index (χ4n) is 2.71. The van der Waals surface area contributed by atoms with Crippen molar-refractivity contribution in [3.05, 3.63) is 71.0 Å². The van der Waals surface area contributed by atoms with E-state index < -0.39 is 5.82 Å². The lowest BCUT2D eigenvalue weighted by Crippen LogP contribution is -2.07. The number of esters is 1. The van der Waals surface area contributed by atoms with E-state index in [2.05, 4.69) is 11.1 Å². The first-order chi connectivity index (χ1) is 14.0. The molecule has 29 heavy (non-hydrogen) atoms. The number of nitrogens with zero attached hydrogens (tertiary/aromatic N) is 2. The summed E-state index contributed by atoms with van der Waals surface area (Å²) in [5.41, 5.74) is 2.93. The lowest BCUT2D eigenvalue weighted by Gasteiger charge is -2.13. The first-order valence-electron chi connectivity index (χ1n) is 8.78. The van der Waals surface area contributed by atoms with Crippen molar-refractivity contribution in [1.29, 1.82) is 5.26 Å². The van der Waals surface area contributed by atoms with Crippen LogP contribution in [0.2, 0.25) is 5.02 Å². The van der Waals surface area contributed by atoms with Gasteiger partial charge in [0.1, 0.15) is 16.9 Å². The number of aromatic nitrogens is 1. The van der Waals surface area contributed by atoms with Crippen molar-refractivity contribution in [1.82, 2.24) is 4.98 Å². The number of nitriles is 1. The van der Waals surface area contributed by atoms with Crippen molar-refractivity contribution in [2.45, 2.75) is 11.9 Å². The molecule has 2 aromatic carbocycles. The van der Waals surface area contributed by atoms with Crippen LogP contribution in [-0.4, -0.2) is 23.3 Å². The van der Waals surface area contributed by atoms with E-state index in [0.717, 1.165) is 17.3 Å². The average molecular weight is 427 g/mol. The average Bonchev–Trinajstić information content (AvgIpc) is 2.74. The molecule has 0 aliphatic heterocycles. The maximum Gasteiger partial charge on any atom is 0.316 e. The summed E-state index contributed by atoms with van der Waals surface area (Å²) >= 11 is 7.08. The molecule has 0 fully saturated rings. The molecule has 0 aliphatic rings. The van der Waals surface area contributed by atoms with Crippen LogP contribution < -0.4 is 0 Å². The number of halogens is 2. The van der Waals surface area contributed by atoms with E-state index in [4.69, 9.17) is 16.3 Å². The van der Waals surface area contributed by atoms with E-state index in [9.17, 15) is 14.4 Å². The molecule has 0 bridgehead atoms. The van der Waals surface area contributed by atoms with E-state index in [-0.39, 0.29) is 23.4 Å². The van der Waals surface area contributed by atoms with E-state index in [1.165, 1.54) is 12.1 Å². The van der Waals surface area contributed by atoms with Gasteiger partial charge in [0.15, 0.2) is 0 Å². The third-order valence-corrected chi connectivity index (χ3v) is 5.27. The third-order valence-electron chi connectivity index (χ3n) is 4.03. The first-order valence-corrected chi connectivity index (χ1v) is 10.1. The monoisotopic (exact) mass is 426 g/mol. The third kappa shape index (κ3) is 4.94. The Hall–Kier alpha value is -2.88. The van der Waals surface area contributed by atoms with Crippen molar-refractivity contribution in [3.63, 3.8) is 0 Å². The number of rotatable bonds is 6. The molecule has 0 unspecified atom stereocenters. The summed E-state index contributed by atoms with van der Waals surface area (Å²) in [6.07, 6.45) is 0. The van der Waals surface area contributed by atoms with Crippen LogP contribution in [0.25, 0.3) is 22.4 Å². The number of hydrogen-bond acceptors (Lipinski definition) is 5. The molecule has 0 spiro atoms. The summed E-state index contributed by atoms with van der Waals surface area (Å²) < 4.78 is 18.6. The van der Waals surface area contributed by atoms with Gasteiger partial charge in [-0.15, -0.1) is 0 Å². The topological polar surface area (TPSA) is 63.0 Å². The molecular formula is C22H16ClFN2O2S. The predicted molar refractivity (Wildman–Crippen MR) is 112 cm³/mol. The number of ether oxygens (including phenoxy) is 1. The molecular weight excluding hydrogens is 411 g/mol. The van der Waals surface area contributed by atoms with Crippen LogP contribution in [0.15, 0.2) is 59.6 Å². The van der Waals surface area contributed by atoms with Crippen LogP contribution in [0.4, 0.5) is 4.39 Å². The van der Waals surface area contributed by atoms with Crippen LogP contribution in [-0.2, 0) is 9.53 Å². The number of hydrogen-bond donors (Lipinski definition) is 0. The van der Waals surface area contributed by atoms with Gasteiger partial charge in [-0.05, 0) is 30.7 Å². The maximum absolute atomic E-state index is 13.6. The highest BCUT2D eigenvalue weighted by Gasteiger charge is 2.18. The van der Waals surface area contributed by atoms with Gasteiger partial charge in [-0.25, -0.2) is 9.37 Å². The molecule has 0 N–H and O–H groups in total. The molecule has 0 saturated carbocycles. The van der Waals surface area contributed by atoms with Crippen LogP contribution >= 0.6 is 23.4 Å². The Bertz CT molecular complexity index is 1080. The normalized spacial score (nSPS) is 10.4. The molecule has 0 radical (unpaired) electrons. The van der Waals surface area contributed by atoms with Crippen molar-refractivity contribution in [2.24, 2.45) is 0 Å². The van der Waals surface area contributed by atoms with Gasteiger partial charge in [0.25, 0.3) is 0 Å². The summed E-state index contributed by atoms with van der Waals surface area (Å²) in [5, 5.41) is 10.2. The SMILES string of the molecule is CCOC(=O)CSc1nc(-c2ccccc2)cc(-c2ccc(F)c(Cl)c2)c1C#N. The van der Waals surface area contributed by atoms with Crippen molar-refractivity contribution in [3.8, 4) is 28.5 Å². The number of carbonyl (C=O) groups is 1. The molecule has 1 aromatic heterocycles. The summed E-state index contributed by atoms with van der Waals surface area (Å²) in [4.78, 5) is 16.4. The first kappa shape index (κ1) is 20.8. The Morgan fingerprint density at radius 3 is 2.62 bits per heavy atom. The second kappa shape index (κ2) is 9.55. The van der Waals surface area contributed by atoms with Crippen LogP contribution in [0.5, 0.6) is 0 Å². The van der Waals surface area contributed by atoms with E-state index >= 15 is 0 Å². The fraction of sp³-hybridized carbons (Fsp3) is 0.136. The van der Waals surface area contributed by atoms with Gasteiger partial charge in [-0.1, -0.05) is 59.8 Å². The van der Waals surface area contributed by atoms with Gasteiger partial charge < -0.3 is 4.74 Å². The zero-order chi connectivity index (χ0) is 20.8. The number of carbonyl (C=O) groups excluding carboxylic acids is 1. The van der Waals surface area contributed by atoms with Gasteiger partial charge in [-0.2, -0.15) is 5.26 Å². The Morgan fingerprint density at radius 1 is 1.21 bits per heavy atom. The molecule has 4 nitrogen and oxygen atoms in total. The molecule has 3 rings (SSSR count). The highest BCUT2D eigenvalue weighted by Crippen LogP contribution is 2.35. The van der Waals surface area contributed by atoms with Crippen molar-refractivity contribution >= 4 is 29.3 Å². The standard InChI is InChI=1S/C22H16ClFN2O2S/c1-2-28-21(27)13-29-22-17(12-25)16(15-8-9-19(24)18(23)10-15)11-20(26-22)14-6-4-3-5-7-14/h3-11H,2,13H2,1H3. The summed E-state index contributed by atoms with van der Waals surface area (Å²) in [7, 11) is 0. The molecule has 0 saturated heterocycles. The fourth-order valence-corrected chi connectivity index (χ4v) is 3.69. The lowest BCUT2D eigenvalue weighted by atomic mass is 9.99. The second-order valence-electron chi connectivity index (χ2n) is 5.94. The quantitative estimate of drug-likeness (QED) is 0.371. The predicted octanol–water partition coefficient (Wildman–Crippen LogP) is 5.73. The molecule has 0 amide bonds. The number of pyridine rings is 1. The van der Waals surface area contributed by atoms with E-state index in [1.807, 2.05) is 30.3 Å². The highest BCUT2D eigenvalue weighted by molar-refractivity contribution is 7.99. The van der Waals surface area contributed by atoms with Gasteiger partial charge in [0.2, 0.25) is 0 Å². The van der Waals surface area contributed by atoms with E-state index in [1.54, 1.807) is 19.1 Å². The van der Waals surface area contributed by atoms with Crippen LogP contribution in [0.1, 0.15) is 12.5 Å². The van der Waals surface area contributed by atoms with Gasteiger partial charge in [-0.3, -0.25) is 4.79 Å². The minimum absolute atomic E-state index is 0.0252. The van der Waals surface area contributed by atoms with Crippen molar-refractivity contribution < 1.29 is 13.9 Å². The lowest BCUT2D eigenvalue weighted by molar-refractivity contribution is -0.139. The number of thioether (sulfide) groups is 1. The minimum atomic E-state index is -0.539. The van der Waals surface area contributed by atoms with Crippen LogP contribution in [0.3, 0.4) is 0 Å². The smallest absolute Gasteiger partial charge is 0.316 e. The molecule has 3 aromatic rings. The van der Waals surface area contributed by atoms with Gasteiger partial charge in [0.05, 0.1) is 28.6 Å². The zero-order valence-electron chi connectivity index (χ0n) is 15.5. The van der Waals surface area contributed by atoms with Crippen LogP contribution in [0, 0.1) is 17.1 Å². The summed E-state index contributed by atoms with van der Waals surface area (Å²) in [5.74, 6) is -0.903. The molecule has 0 aliphatic carbocycles. The highest BCUT2D eigenvalue weighted by atomic mass is 35.5. The van der Waals surface area contributed by atoms with Gasteiger partial charge >= 0.3 is 5.97 Å². The minimum Gasteiger partial charge on any atom is -0.465 e. The maximum atomic E-state index is 13.6. The van der Waals surface area contributed by atoms with Crippen molar-refractivity contribution in [2.75, 3.05) is 12.4 Å². The largest absolute Gasteiger partial charge is 0.465 e. The molecule has 146 valence electrons. The second-order valence-corrected chi connectivity index (χ2v) is 7.31. The molecule has 0 atom stereocenters. The zero-order valence-corrected chi connectivity index (χ0v) is 17.1. The molecule has 1 heterocycles. The number of benzene rings is 2. The molecule has 7 heteroatoms. The Kier molecular flexibility index (Phi) is 6.86. The Balaban J connectivity index is 2.14. The summed E-state index contributed by atoms with van der Waals surface area (Å²) in [6.45, 7) is 2.01. The summed E-state index contributed by atoms with van der Waals surface area (Å²) in [6, 6.07) is 17.7.